The molecule has 0 radical (unpaired) electrons. The first kappa shape index (κ1) is 21.2. The van der Waals surface area contributed by atoms with Gasteiger partial charge in [0.05, 0.1) is 13.7 Å². The first-order chi connectivity index (χ1) is 14.5. The normalized spacial score (nSPS) is 11.8. The molecule has 0 spiro atoms. The summed E-state index contributed by atoms with van der Waals surface area (Å²) in [5.74, 6) is 2.03. The molecule has 1 atom stereocenters. The number of nitrogens with zero attached hydrogens (tertiary/aromatic N) is 2. The van der Waals surface area contributed by atoms with E-state index < -0.39 is 12.0 Å². The Kier molecular flexibility index (Phi) is 6.90. The van der Waals surface area contributed by atoms with E-state index in [1.807, 2.05) is 30.3 Å². The Morgan fingerprint density at radius 1 is 1.03 bits per heavy atom. The topological polar surface area (TPSA) is 95.7 Å². The fraction of sp³-hybridized carbons (Fsp3) is 0.318. The molecule has 158 valence electrons. The second kappa shape index (κ2) is 9.78. The number of anilines is 1. The average molecular weight is 411 g/mol. The molecule has 0 aliphatic heterocycles. The zero-order chi connectivity index (χ0) is 21.5. The maximum absolute atomic E-state index is 12.6. The number of hydrogen-bond acceptors (Lipinski definition) is 7. The van der Waals surface area contributed by atoms with Gasteiger partial charge in [0, 0.05) is 5.56 Å². The molecule has 1 N–H and O–H groups in total. The third-order valence-electron chi connectivity index (χ3n) is 4.18. The van der Waals surface area contributed by atoms with E-state index in [-0.39, 0.29) is 5.82 Å². The summed E-state index contributed by atoms with van der Waals surface area (Å²) >= 11 is 0. The zero-order valence-electron chi connectivity index (χ0n) is 17.4. The molecule has 1 heterocycles. The van der Waals surface area contributed by atoms with Gasteiger partial charge in [-0.2, -0.15) is 0 Å². The van der Waals surface area contributed by atoms with Crippen LogP contribution in [0.25, 0.3) is 11.3 Å². The van der Waals surface area contributed by atoms with Crippen LogP contribution in [0.4, 0.5) is 5.82 Å². The summed E-state index contributed by atoms with van der Waals surface area (Å²) in [6.07, 6.45) is -0.794. The van der Waals surface area contributed by atoms with Gasteiger partial charge in [-0.15, -0.1) is 0 Å². The summed E-state index contributed by atoms with van der Waals surface area (Å²) in [7, 11) is 1.54. The Hall–Kier alpha value is -3.55. The lowest BCUT2D eigenvalue weighted by molar-refractivity contribution is -0.122. The van der Waals surface area contributed by atoms with Crippen LogP contribution >= 0.6 is 0 Å². The maximum atomic E-state index is 12.6. The number of para-hydroxylation sites is 2. The third-order valence-corrected chi connectivity index (χ3v) is 4.18. The van der Waals surface area contributed by atoms with E-state index in [4.69, 9.17) is 18.8 Å². The summed E-state index contributed by atoms with van der Waals surface area (Å²) < 4.78 is 21.5. The Morgan fingerprint density at radius 3 is 2.40 bits per heavy atom. The highest BCUT2D eigenvalue weighted by molar-refractivity contribution is 5.96. The Balaban J connectivity index is 1.67. The predicted octanol–water partition coefficient (Wildman–Crippen LogP) is 4.19. The highest BCUT2D eigenvalue weighted by atomic mass is 16.6. The number of aromatic nitrogens is 2. The van der Waals surface area contributed by atoms with Crippen molar-refractivity contribution in [1.82, 2.24) is 10.3 Å². The molecule has 0 saturated carbocycles. The molecule has 0 saturated heterocycles. The largest absolute Gasteiger partial charge is 0.493 e. The van der Waals surface area contributed by atoms with Crippen LogP contribution in [0.3, 0.4) is 0 Å². The second-order valence-electron chi connectivity index (χ2n) is 7.09. The van der Waals surface area contributed by atoms with E-state index in [0.29, 0.717) is 29.7 Å². The average Bonchev–Trinajstić information content (AvgIpc) is 3.21. The monoisotopic (exact) mass is 411 g/mol. The lowest BCUT2D eigenvalue weighted by Crippen LogP contribution is -2.30. The molecule has 3 aromatic rings. The lowest BCUT2D eigenvalue weighted by Gasteiger charge is -2.16. The van der Waals surface area contributed by atoms with Gasteiger partial charge in [-0.05, 0) is 59.6 Å². The van der Waals surface area contributed by atoms with Crippen molar-refractivity contribution in [2.75, 3.05) is 19.0 Å². The maximum Gasteiger partial charge on any atom is 0.266 e. The molecule has 0 aliphatic rings. The fourth-order valence-corrected chi connectivity index (χ4v) is 2.61. The number of rotatable bonds is 9. The van der Waals surface area contributed by atoms with E-state index >= 15 is 0 Å². The molecule has 8 heteroatoms. The van der Waals surface area contributed by atoms with Crippen LogP contribution in [-0.4, -0.2) is 36.0 Å². The number of benzene rings is 2. The molecule has 3 rings (SSSR count). The van der Waals surface area contributed by atoms with Crippen molar-refractivity contribution < 1.29 is 23.6 Å². The van der Waals surface area contributed by atoms with Crippen molar-refractivity contribution in [3.63, 3.8) is 0 Å². The quantitative estimate of drug-likeness (QED) is 0.564. The second-order valence-corrected chi connectivity index (χ2v) is 7.09. The molecule has 30 heavy (non-hydrogen) atoms. The summed E-state index contributed by atoms with van der Waals surface area (Å²) in [6, 6.07) is 14.5. The molecule has 0 fully saturated rings. The van der Waals surface area contributed by atoms with E-state index in [1.165, 1.54) is 0 Å². The Labute approximate surface area is 175 Å². The zero-order valence-corrected chi connectivity index (χ0v) is 17.4. The SMILES string of the molecule is COc1ccccc1O[C@@H](C)C(=O)Nc1nonc1-c1ccc(OCC(C)C)cc1. The minimum Gasteiger partial charge on any atom is -0.493 e. The molecular weight excluding hydrogens is 386 g/mol. The predicted molar refractivity (Wildman–Crippen MR) is 112 cm³/mol. The number of amides is 1. The number of ether oxygens (including phenoxy) is 3. The molecule has 0 bridgehead atoms. The minimum atomic E-state index is -0.794. The number of hydrogen-bond donors (Lipinski definition) is 1. The number of carbonyl (C=O) groups is 1. The number of methoxy groups -OCH3 is 1. The fourth-order valence-electron chi connectivity index (χ4n) is 2.61. The highest BCUT2D eigenvalue weighted by Gasteiger charge is 2.21. The van der Waals surface area contributed by atoms with Gasteiger partial charge in [0.1, 0.15) is 5.75 Å². The van der Waals surface area contributed by atoms with Crippen molar-refractivity contribution in [3.8, 4) is 28.5 Å². The van der Waals surface area contributed by atoms with Crippen molar-refractivity contribution >= 4 is 11.7 Å². The van der Waals surface area contributed by atoms with Crippen molar-refractivity contribution in [2.45, 2.75) is 26.9 Å². The molecule has 0 unspecified atom stereocenters. The van der Waals surface area contributed by atoms with Gasteiger partial charge in [0.25, 0.3) is 5.91 Å². The van der Waals surface area contributed by atoms with Crippen molar-refractivity contribution in [3.05, 3.63) is 48.5 Å². The van der Waals surface area contributed by atoms with Gasteiger partial charge >= 0.3 is 0 Å². The van der Waals surface area contributed by atoms with Gasteiger partial charge < -0.3 is 19.5 Å². The van der Waals surface area contributed by atoms with Gasteiger partial charge in [-0.3, -0.25) is 4.79 Å². The van der Waals surface area contributed by atoms with Crippen LogP contribution < -0.4 is 19.5 Å². The molecule has 1 amide bonds. The smallest absolute Gasteiger partial charge is 0.266 e. The summed E-state index contributed by atoms with van der Waals surface area (Å²) in [4.78, 5) is 12.6. The van der Waals surface area contributed by atoms with Gasteiger partial charge in [-0.1, -0.05) is 26.0 Å². The van der Waals surface area contributed by atoms with Crippen LogP contribution in [-0.2, 0) is 4.79 Å². The molecule has 0 aliphatic carbocycles. The van der Waals surface area contributed by atoms with Crippen LogP contribution in [0, 0.1) is 5.92 Å². The van der Waals surface area contributed by atoms with Crippen LogP contribution in [0.5, 0.6) is 17.2 Å². The highest BCUT2D eigenvalue weighted by Crippen LogP contribution is 2.28. The lowest BCUT2D eigenvalue weighted by atomic mass is 10.1. The minimum absolute atomic E-state index is 0.214. The summed E-state index contributed by atoms with van der Waals surface area (Å²) in [6.45, 7) is 6.44. The van der Waals surface area contributed by atoms with E-state index in [0.717, 1.165) is 11.3 Å². The van der Waals surface area contributed by atoms with Crippen LogP contribution in [0.2, 0.25) is 0 Å². The third kappa shape index (κ3) is 5.28. The van der Waals surface area contributed by atoms with E-state index in [2.05, 4.69) is 29.5 Å². The standard InChI is InChI=1S/C22H25N3O5/c1-14(2)13-28-17-11-9-16(10-12-17)20-21(25-30-24-20)23-22(26)15(3)29-19-8-6-5-7-18(19)27-4/h5-12,14-15H,13H2,1-4H3,(H,23,25,26)/t15-/m0/s1. The Morgan fingerprint density at radius 2 is 1.73 bits per heavy atom. The molecular formula is C22H25N3O5. The molecule has 2 aromatic carbocycles. The first-order valence-electron chi connectivity index (χ1n) is 9.64. The van der Waals surface area contributed by atoms with Gasteiger partial charge in [-0.25, -0.2) is 4.63 Å². The van der Waals surface area contributed by atoms with Crippen LogP contribution in [0.1, 0.15) is 20.8 Å². The van der Waals surface area contributed by atoms with Crippen LogP contribution in [0.15, 0.2) is 53.2 Å². The van der Waals surface area contributed by atoms with E-state index in [9.17, 15) is 4.79 Å². The number of nitrogens with one attached hydrogen (secondary N) is 1. The molecule has 8 nitrogen and oxygen atoms in total. The molecule has 1 aromatic heterocycles. The van der Waals surface area contributed by atoms with Crippen molar-refractivity contribution in [1.29, 1.82) is 0 Å². The van der Waals surface area contributed by atoms with Gasteiger partial charge in [0.2, 0.25) is 5.82 Å². The summed E-state index contributed by atoms with van der Waals surface area (Å²) in [5, 5.41) is 10.4. The first-order valence-corrected chi connectivity index (χ1v) is 9.64. The van der Waals surface area contributed by atoms with Gasteiger partial charge in [0.15, 0.2) is 23.3 Å². The van der Waals surface area contributed by atoms with E-state index in [1.54, 1.807) is 32.2 Å². The Bertz CT molecular complexity index is 969. The van der Waals surface area contributed by atoms with Crippen molar-refractivity contribution in [2.24, 2.45) is 5.92 Å². The number of carbonyl (C=O) groups excluding carboxylic acids is 1. The summed E-state index contributed by atoms with van der Waals surface area (Å²) in [5.41, 5.74) is 1.16.